The van der Waals surface area contributed by atoms with Crippen molar-refractivity contribution in [3.05, 3.63) is 0 Å². The number of rotatable bonds is 4. The predicted octanol–water partition coefficient (Wildman–Crippen LogP) is -0.762. The summed E-state index contributed by atoms with van der Waals surface area (Å²) in [6, 6.07) is -0.0515. The molecule has 1 fully saturated rings. The normalized spacial score (nSPS) is 26.0. The number of hydrogen-bond donors (Lipinski definition) is 2. The zero-order valence-electron chi connectivity index (χ0n) is 7.19. The van der Waals surface area contributed by atoms with Crippen molar-refractivity contribution in [3.8, 4) is 0 Å². The molecular weight excluding hydrogens is 194 g/mol. The van der Waals surface area contributed by atoms with E-state index in [0.717, 1.165) is 0 Å². The lowest BCUT2D eigenvalue weighted by atomic mass is 10.2. The summed E-state index contributed by atoms with van der Waals surface area (Å²) in [6.07, 6.45) is 0.637. The third-order valence-electron chi connectivity index (χ3n) is 2.00. The van der Waals surface area contributed by atoms with Gasteiger partial charge in [0.25, 0.3) is 0 Å². The van der Waals surface area contributed by atoms with E-state index in [1.54, 1.807) is 0 Å². The topological polar surface area (TPSA) is 83.5 Å². The highest BCUT2D eigenvalue weighted by Gasteiger charge is 2.27. The average molecular weight is 207 g/mol. The van der Waals surface area contributed by atoms with Crippen LogP contribution in [0.1, 0.15) is 12.8 Å². The molecule has 0 spiro atoms. The second kappa shape index (κ2) is 4.06. The van der Waals surface area contributed by atoms with Crippen LogP contribution in [0.4, 0.5) is 0 Å². The quantitative estimate of drug-likeness (QED) is 0.633. The molecule has 0 aromatic carbocycles. The van der Waals surface area contributed by atoms with Crippen LogP contribution in [0.15, 0.2) is 0 Å². The van der Waals surface area contributed by atoms with Crippen LogP contribution in [-0.4, -0.2) is 43.6 Å². The van der Waals surface area contributed by atoms with Crippen LogP contribution in [0.3, 0.4) is 0 Å². The molecule has 5 nitrogen and oxygen atoms in total. The molecule has 1 heterocycles. The molecule has 1 aliphatic rings. The Morgan fingerprint density at radius 3 is 2.69 bits per heavy atom. The van der Waals surface area contributed by atoms with Crippen molar-refractivity contribution in [1.29, 1.82) is 0 Å². The highest BCUT2D eigenvalue weighted by atomic mass is 32.2. The van der Waals surface area contributed by atoms with E-state index < -0.39 is 15.8 Å². The van der Waals surface area contributed by atoms with Crippen LogP contribution < -0.4 is 5.32 Å². The van der Waals surface area contributed by atoms with E-state index in [2.05, 4.69) is 5.32 Å². The Hall–Kier alpha value is -0.620. The first-order valence-electron chi connectivity index (χ1n) is 4.15. The standard InChI is InChI=1S/C7H13NO4S/c9-7(10)1-3-8-6-2-4-13(11,12)5-6/h6,8H,1-5H2,(H,9,10). The molecule has 0 aromatic heterocycles. The van der Waals surface area contributed by atoms with Gasteiger partial charge < -0.3 is 10.4 Å². The lowest BCUT2D eigenvalue weighted by Gasteiger charge is -2.08. The summed E-state index contributed by atoms with van der Waals surface area (Å²) < 4.78 is 22.0. The fourth-order valence-corrected chi connectivity index (χ4v) is 3.05. The molecule has 0 radical (unpaired) electrons. The van der Waals surface area contributed by atoms with Crippen molar-refractivity contribution in [2.75, 3.05) is 18.1 Å². The summed E-state index contributed by atoms with van der Waals surface area (Å²) >= 11 is 0. The van der Waals surface area contributed by atoms with Crippen LogP contribution >= 0.6 is 0 Å². The first-order chi connectivity index (χ1) is 5.99. The maximum absolute atomic E-state index is 11.0. The van der Waals surface area contributed by atoms with Crippen molar-refractivity contribution in [1.82, 2.24) is 5.32 Å². The van der Waals surface area contributed by atoms with E-state index in [1.165, 1.54) is 0 Å². The van der Waals surface area contributed by atoms with Gasteiger partial charge >= 0.3 is 5.97 Å². The van der Waals surface area contributed by atoms with Gasteiger partial charge in [0.15, 0.2) is 9.84 Å². The number of carboxylic acid groups (broad SMARTS) is 1. The molecule has 2 N–H and O–H groups in total. The van der Waals surface area contributed by atoms with Gasteiger partial charge in [0.2, 0.25) is 0 Å². The number of aliphatic carboxylic acids is 1. The Morgan fingerprint density at radius 2 is 2.23 bits per heavy atom. The molecule has 1 aliphatic heterocycles. The average Bonchev–Trinajstić information content (AvgIpc) is 2.29. The smallest absolute Gasteiger partial charge is 0.304 e. The molecule has 0 aromatic rings. The van der Waals surface area contributed by atoms with Gasteiger partial charge in [0.05, 0.1) is 17.9 Å². The first kappa shape index (κ1) is 10.5. The highest BCUT2D eigenvalue weighted by Crippen LogP contribution is 2.10. The number of hydrogen-bond acceptors (Lipinski definition) is 4. The second-order valence-electron chi connectivity index (χ2n) is 3.20. The van der Waals surface area contributed by atoms with Crippen LogP contribution in [0.25, 0.3) is 0 Å². The molecule has 1 atom stereocenters. The fraction of sp³-hybridized carbons (Fsp3) is 0.857. The third-order valence-corrected chi connectivity index (χ3v) is 3.77. The molecule has 13 heavy (non-hydrogen) atoms. The Labute approximate surface area is 77.1 Å². The predicted molar refractivity (Wildman–Crippen MR) is 47.3 cm³/mol. The number of nitrogens with one attached hydrogen (secondary N) is 1. The maximum Gasteiger partial charge on any atom is 0.304 e. The summed E-state index contributed by atoms with van der Waals surface area (Å²) in [5.74, 6) is -0.502. The Bertz CT molecular complexity index is 285. The summed E-state index contributed by atoms with van der Waals surface area (Å²) in [6.45, 7) is 0.343. The van der Waals surface area contributed by atoms with Gasteiger partial charge in [-0.3, -0.25) is 4.79 Å². The van der Waals surface area contributed by atoms with Gasteiger partial charge in [-0.25, -0.2) is 8.42 Å². The summed E-state index contributed by atoms with van der Waals surface area (Å²) in [7, 11) is -2.86. The van der Waals surface area contributed by atoms with Crippen molar-refractivity contribution in [2.24, 2.45) is 0 Å². The number of sulfone groups is 1. The van der Waals surface area contributed by atoms with Gasteiger partial charge in [-0.05, 0) is 6.42 Å². The monoisotopic (exact) mass is 207 g/mol. The minimum atomic E-state index is -2.86. The van der Waals surface area contributed by atoms with E-state index in [1.807, 2.05) is 0 Å². The highest BCUT2D eigenvalue weighted by molar-refractivity contribution is 7.91. The van der Waals surface area contributed by atoms with Crippen LogP contribution in [0, 0.1) is 0 Å². The van der Waals surface area contributed by atoms with Crippen LogP contribution in [-0.2, 0) is 14.6 Å². The van der Waals surface area contributed by atoms with E-state index in [4.69, 9.17) is 5.11 Å². The first-order valence-corrected chi connectivity index (χ1v) is 5.97. The molecule has 0 bridgehead atoms. The zero-order chi connectivity index (χ0) is 9.90. The lowest BCUT2D eigenvalue weighted by molar-refractivity contribution is -0.136. The SMILES string of the molecule is O=C(O)CCNC1CCS(=O)(=O)C1. The van der Waals surface area contributed by atoms with E-state index >= 15 is 0 Å². The van der Waals surface area contributed by atoms with Gasteiger partial charge in [0.1, 0.15) is 0 Å². The Balaban J connectivity index is 2.22. The van der Waals surface area contributed by atoms with Crippen LogP contribution in [0.5, 0.6) is 0 Å². The van der Waals surface area contributed by atoms with Crippen molar-refractivity contribution in [2.45, 2.75) is 18.9 Å². The minimum absolute atomic E-state index is 0.0382. The fourth-order valence-electron chi connectivity index (χ4n) is 1.34. The third kappa shape index (κ3) is 3.73. The Kier molecular flexibility index (Phi) is 3.27. The molecule has 1 rings (SSSR count). The summed E-state index contributed by atoms with van der Waals surface area (Å²) in [5, 5.41) is 11.2. The minimum Gasteiger partial charge on any atom is -0.481 e. The molecule has 0 saturated carbocycles. The van der Waals surface area contributed by atoms with Crippen LogP contribution in [0.2, 0.25) is 0 Å². The second-order valence-corrected chi connectivity index (χ2v) is 5.43. The van der Waals surface area contributed by atoms with Crippen molar-refractivity contribution >= 4 is 15.8 Å². The van der Waals surface area contributed by atoms with Gasteiger partial charge in [-0.1, -0.05) is 0 Å². The zero-order valence-corrected chi connectivity index (χ0v) is 8.01. The molecule has 76 valence electrons. The van der Waals surface area contributed by atoms with Crippen molar-refractivity contribution in [3.63, 3.8) is 0 Å². The summed E-state index contributed by atoms with van der Waals surface area (Å²) in [4.78, 5) is 10.1. The number of carboxylic acids is 1. The van der Waals surface area contributed by atoms with Gasteiger partial charge in [-0.2, -0.15) is 0 Å². The molecule has 0 amide bonds. The van der Waals surface area contributed by atoms with E-state index in [9.17, 15) is 13.2 Å². The van der Waals surface area contributed by atoms with E-state index in [0.29, 0.717) is 13.0 Å². The lowest BCUT2D eigenvalue weighted by Crippen LogP contribution is -2.31. The Morgan fingerprint density at radius 1 is 1.54 bits per heavy atom. The molecule has 0 aliphatic carbocycles. The van der Waals surface area contributed by atoms with Crippen molar-refractivity contribution < 1.29 is 18.3 Å². The van der Waals surface area contributed by atoms with Gasteiger partial charge in [-0.15, -0.1) is 0 Å². The largest absolute Gasteiger partial charge is 0.481 e. The molecular formula is C7H13NO4S. The van der Waals surface area contributed by atoms with Gasteiger partial charge in [0, 0.05) is 12.6 Å². The summed E-state index contributed by atoms with van der Waals surface area (Å²) in [5.41, 5.74) is 0. The maximum atomic E-state index is 11.0. The molecule has 6 heteroatoms. The van der Waals surface area contributed by atoms with E-state index in [-0.39, 0.29) is 24.0 Å². The number of carbonyl (C=O) groups is 1. The molecule has 1 saturated heterocycles. The molecule has 1 unspecified atom stereocenters.